The SMILES string of the molecule is C=C(C)CN1C(=O)[C@@](O)(CC(=O)c2cccc([N+](=O)[O-])c2)c2ccccc21. The van der Waals surface area contributed by atoms with Gasteiger partial charge >= 0.3 is 0 Å². The van der Waals surface area contributed by atoms with E-state index in [0.29, 0.717) is 11.3 Å². The van der Waals surface area contributed by atoms with Crippen molar-refractivity contribution in [2.45, 2.75) is 18.9 Å². The van der Waals surface area contributed by atoms with Crippen LogP contribution in [0.1, 0.15) is 29.3 Å². The van der Waals surface area contributed by atoms with Crippen LogP contribution in [0.4, 0.5) is 11.4 Å². The van der Waals surface area contributed by atoms with Crippen molar-refractivity contribution >= 4 is 23.1 Å². The number of fused-ring (bicyclic) bond motifs is 1. The molecule has 0 aliphatic carbocycles. The number of para-hydroxylation sites is 1. The number of Topliss-reactive ketones (excluding diaryl/α,β-unsaturated/α-hetero) is 1. The summed E-state index contributed by atoms with van der Waals surface area (Å²) in [5, 5.41) is 22.1. The van der Waals surface area contributed by atoms with Gasteiger partial charge in [0, 0.05) is 29.8 Å². The number of hydrogen-bond donors (Lipinski definition) is 1. The number of anilines is 1. The molecular weight excluding hydrogens is 348 g/mol. The first-order valence-corrected chi connectivity index (χ1v) is 8.30. The van der Waals surface area contributed by atoms with Crippen LogP contribution < -0.4 is 4.90 Å². The molecule has 0 saturated carbocycles. The van der Waals surface area contributed by atoms with E-state index < -0.39 is 28.6 Å². The highest BCUT2D eigenvalue weighted by atomic mass is 16.6. The van der Waals surface area contributed by atoms with Gasteiger partial charge in [-0.1, -0.05) is 42.5 Å². The van der Waals surface area contributed by atoms with E-state index in [0.717, 1.165) is 11.6 Å². The first-order chi connectivity index (χ1) is 12.7. The van der Waals surface area contributed by atoms with Gasteiger partial charge in [-0.15, -0.1) is 0 Å². The van der Waals surface area contributed by atoms with Crippen LogP contribution in [0.3, 0.4) is 0 Å². The van der Waals surface area contributed by atoms with E-state index in [1.165, 1.54) is 23.1 Å². The number of rotatable bonds is 6. The summed E-state index contributed by atoms with van der Waals surface area (Å²) < 4.78 is 0. The molecule has 3 rings (SSSR count). The molecule has 2 aromatic carbocycles. The Balaban J connectivity index is 1.97. The van der Waals surface area contributed by atoms with E-state index in [-0.39, 0.29) is 17.8 Å². The Bertz CT molecular complexity index is 968. The number of carbonyl (C=O) groups is 2. The van der Waals surface area contributed by atoms with Crippen molar-refractivity contribution in [3.63, 3.8) is 0 Å². The van der Waals surface area contributed by atoms with Crippen molar-refractivity contribution in [2.75, 3.05) is 11.4 Å². The minimum atomic E-state index is -2.02. The lowest BCUT2D eigenvalue weighted by Crippen LogP contribution is -2.42. The first kappa shape index (κ1) is 18.5. The Morgan fingerprint density at radius 3 is 2.63 bits per heavy atom. The normalized spacial score (nSPS) is 18.3. The maximum atomic E-state index is 12.9. The van der Waals surface area contributed by atoms with Crippen LogP contribution in [-0.2, 0) is 10.4 Å². The molecule has 138 valence electrons. The Morgan fingerprint density at radius 1 is 1.26 bits per heavy atom. The van der Waals surface area contributed by atoms with Crippen LogP contribution in [0.2, 0.25) is 0 Å². The zero-order valence-corrected chi connectivity index (χ0v) is 14.7. The van der Waals surface area contributed by atoms with E-state index in [1.807, 2.05) is 0 Å². The number of nitro groups is 1. The summed E-state index contributed by atoms with van der Waals surface area (Å²) in [7, 11) is 0. The average molecular weight is 366 g/mol. The fraction of sp³-hybridized carbons (Fsp3) is 0.200. The number of aliphatic hydroxyl groups is 1. The molecule has 7 nitrogen and oxygen atoms in total. The van der Waals surface area contributed by atoms with E-state index in [1.54, 1.807) is 31.2 Å². The summed E-state index contributed by atoms with van der Waals surface area (Å²) >= 11 is 0. The van der Waals surface area contributed by atoms with Gasteiger partial charge in [0.1, 0.15) is 0 Å². The monoisotopic (exact) mass is 366 g/mol. The molecule has 0 aromatic heterocycles. The number of carbonyl (C=O) groups excluding carboxylic acids is 2. The van der Waals surface area contributed by atoms with Crippen LogP contribution in [0.15, 0.2) is 60.7 Å². The number of non-ortho nitro benzene ring substituents is 1. The molecule has 1 aliphatic rings. The first-order valence-electron chi connectivity index (χ1n) is 8.30. The summed E-state index contributed by atoms with van der Waals surface area (Å²) in [4.78, 5) is 37.4. The molecule has 0 bridgehead atoms. The van der Waals surface area contributed by atoms with Crippen LogP contribution in [0, 0.1) is 10.1 Å². The summed E-state index contributed by atoms with van der Waals surface area (Å²) in [5.41, 5.74) is -0.577. The third-order valence-electron chi connectivity index (χ3n) is 4.46. The summed E-state index contributed by atoms with van der Waals surface area (Å²) in [6, 6.07) is 12.0. The van der Waals surface area contributed by atoms with Crippen molar-refractivity contribution in [3.05, 3.63) is 81.9 Å². The second-order valence-corrected chi connectivity index (χ2v) is 6.63. The Hall–Kier alpha value is -3.32. The molecule has 0 unspecified atom stereocenters. The highest BCUT2D eigenvalue weighted by Gasteiger charge is 2.50. The Kier molecular flexibility index (Phi) is 4.63. The lowest BCUT2D eigenvalue weighted by molar-refractivity contribution is -0.384. The molecule has 0 saturated heterocycles. The van der Waals surface area contributed by atoms with Crippen LogP contribution >= 0.6 is 0 Å². The van der Waals surface area contributed by atoms with E-state index in [2.05, 4.69) is 6.58 Å². The fourth-order valence-corrected chi connectivity index (χ4v) is 3.23. The van der Waals surface area contributed by atoms with Gasteiger partial charge in [-0.2, -0.15) is 0 Å². The molecule has 1 N–H and O–H groups in total. The second kappa shape index (κ2) is 6.77. The molecule has 7 heteroatoms. The third-order valence-corrected chi connectivity index (χ3v) is 4.46. The van der Waals surface area contributed by atoms with Crippen LogP contribution in [0.25, 0.3) is 0 Å². The van der Waals surface area contributed by atoms with Crippen molar-refractivity contribution in [2.24, 2.45) is 0 Å². The number of ketones is 1. The molecule has 0 spiro atoms. The smallest absolute Gasteiger partial charge is 0.270 e. The third kappa shape index (κ3) is 3.24. The fourth-order valence-electron chi connectivity index (χ4n) is 3.23. The summed E-state index contributed by atoms with van der Waals surface area (Å²) in [6.07, 6.45) is -0.503. The molecule has 1 heterocycles. The van der Waals surface area contributed by atoms with Gasteiger partial charge in [0.05, 0.1) is 17.0 Å². The van der Waals surface area contributed by atoms with Crippen molar-refractivity contribution in [3.8, 4) is 0 Å². The summed E-state index contributed by atoms with van der Waals surface area (Å²) in [6.45, 7) is 5.79. The van der Waals surface area contributed by atoms with Gasteiger partial charge in [0.2, 0.25) is 0 Å². The maximum absolute atomic E-state index is 12.9. The molecule has 2 aromatic rings. The predicted octanol–water partition coefficient (Wildman–Crippen LogP) is 2.98. The zero-order valence-electron chi connectivity index (χ0n) is 14.7. The Labute approximate surface area is 155 Å². The predicted molar refractivity (Wildman–Crippen MR) is 99.5 cm³/mol. The maximum Gasteiger partial charge on any atom is 0.270 e. The second-order valence-electron chi connectivity index (χ2n) is 6.63. The van der Waals surface area contributed by atoms with E-state index >= 15 is 0 Å². The highest BCUT2D eigenvalue weighted by Crippen LogP contribution is 2.43. The van der Waals surface area contributed by atoms with Crippen molar-refractivity contribution in [1.29, 1.82) is 0 Å². The minimum Gasteiger partial charge on any atom is -0.375 e. The van der Waals surface area contributed by atoms with Gasteiger partial charge in [0.25, 0.3) is 11.6 Å². The molecule has 1 atom stereocenters. The van der Waals surface area contributed by atoms with Gasteiger partial charge in [0.15, 0.2) is 11.4 Å². The minimum absolute atomic E-state index is 0.0706. The van der Waals surface area contributed by atoms with Crippen LogP contribution in [-0.4, -0.2) is 28.3 Å². The average Bonchev–Trinajstić information content (AvgIpc) is 2.84. The quantitative estimate of drug-likeness (QED) is 0.367. The highest BCUT2D eigenvalue weighted by molar-refractivity contribution is 6.11. The van der Waals surface area contributed by atoms with E-state index in [4.69, 9.17) is 0 Å². The lowest BCUT2D eigenvalue weighted by atomic mass is 9.88. The number of hydrogen-bond acceptors (Lipinski definition) is 5. The standard InChI is InChI=1S/C20H18N2O5/c1-13(2)12-21-17-9-4-3-8-16(17)20(25,19(21)24)11-18(23)14-6-5-7-15(10-14)22(26)27/h3-10,25H,1,11-12H2,2H3/t20-/m1/s1. The summed E-state index contributed by atoms with van der Waals surface area (Å²) in [5.74, 6) is -1.16. The van der Waals surface area contributed by atoms with E-state index in [9.17, 15) is 24.8 Å². The lowest BCUT2D eigenvalue weighted by Gasteiger charge is -2.22. The van der Waals surface area contributed by atoms with Crippen molar-refractivity contribution in [1.82, 2.24) is 0 Å². The van der Waals surface area contributed by atoms with Crippen LogP contribution in [0.5, 0.6) is 0 Å². The number of nitrogens with zero attached hydrogens (tertiary/aromatic N) is 2. The van der Waals surface area contributed by atoms with Gasteiger partial charge in [-0.25, -0.2) is 0 Å². The topological polar surface area (TPSA) is 101 Å². The number of amides is 1. The molecule has 1 aliphatic heterocycles. The van der Waals surface area contributed by atoms with Gasteiger partial charge in [-0.05, 0) is 13.0 Å². The van der Waals surface area contributed by atoms with Gasteiger partial charge < -0.3 is 10.0 Å². The largest absolute Gasteiger partial charge is 0.375 e. The molecule has 27 heavy (non-hydrogen) atoms. The zero-order chi connectivity index (χ0) is 19.8. The molecular formula is C20H18N2O5. The van der Waals surface area contributed by atoms with Gasteiger partial charge in [-0.3, -0.25) is 19.7 Å². The molecule has 0 radical (unpaired) electrons. The molecule has 1 amide bonds. The molecule has 0 fully saturated rings. The van der Waals surface area contributed by atoms with Crippen molar-refractivity contribution < 1.29 is 19.6 Å². The number of benzene rings is 2. The number of nitro benzene ring substituents is 1. The Morgan fingerprint density at radius 2 is 1.96 bits per heavy atom.